The highest BCUT2D eigenvalue weighted by Crippen LogP contribution is 2.43. The molecule has 3 atom stereocenters. The third-order valence-corrected chi connectivity index (χ3v) is 5.15. The summed E-state index contributed by atoms with van der Waals surface area (Å²) in [5, 5.41) is 13.0. The normalized spacial score (nSPS) is 24.0. The van der Waals surface area contributed by atoms with Gasteiger partial charge in [-0.25, -0.2) is 9.96 Å². The highest BCUT2D eigenvalue weighted by Gasteiger charge is 2.60. The van der Waals surface area contributed by atoms with Gasteiger partial charge in [0.1, 0.15) is 5.69 Å². The monoisotopic (exact) mass is 381 g/mol. The molecule has 0 N–H and O–H groups in total. The van der Waals surface area contributed by atoms with Gasteiger partial charge in [0.2, 0.25) is 5.91 Å². The standard InChI is InChI=1S/C20H19N3O5/c1-2-8-16-17-18(28-22(16)13-9-4-3-5-10-13)20(25)21(19(17)24)14-11-6-7-12-15(14)23(26)27/h3-7,9-12,16-18H,2,8H2,1H3/t16-,17+,18+/m1/s1. The first kappa shape index (κ1) is 18.1. The lowest BCUT2D eigenvalue weighted by Crippen LogP contribution is -2.40. The number of hydrogen-bond donors (Lipinski definition) is 0. The van der Waals surface area contributed by atoms with Crippen LogP contribution in [0.2, 0.25) is 0 Å². The maximum Gasteiger partial charge on any atom is 0.293 e. The van der Waals surface area contributed by atoms with Crippen LogP contribution >= 0.6 is 0 Å². The van der Waals surface area contributed by atoms with Crippen LogP contribution in [-0.2, 0) is 14.4 Å². The molecule has 2 fully saturated rings. The van der Waals surface area contributed by atoms with Crippen LogP contribution in [-0.4, -0.2) is 28.9 Å². The maximum absolute atomic E-state index is 13.2. The second-order valence-electron chi connectivity index (χ2n) is 6.83. The highest BCUT2D eigenvalue weighted by atomic mass is 16.7. The number of hydroxylamine groups is 1. The number of carbonyl (C=O) groups excluding carboxylic acids is 2. The van der Waals surface area contributed by atoms with E-state index in [1.807, 2.05) is 37.3 Å². The Morgan fingerprint density at radius 3 is 2.39 bits per heavy atom. The summed E-state index contributed by atoms with van der Waals surface area (Å²) in [6.45, 7) is 2.00. The number of benzene rings is 2. The van der Waals surface area contributed by atoms with Gasteiger partial charge in [-0.3, -0.25) is 24.5 Å². The predicted molar refractivity (Wildman–Crippen MR) is 102 cm³/mol. The number of hydrogen-bond acceptors (Lipinski definition) is 6. The topological polar surface area (TPSA) is 93.0 Å². The van der Waals surface area contributed by atoms with E-state index in [1.165, 1.54) is 18.2 Å². The van der Waals surface area contributed by atoms with Gasteiger partial charge in [-0.2, -0.15) is 0 Å². The number of imide groups is 1. The molecule has 0 aromatic heterocycles. The van der Waals surface area contributed by atoms with Crippen molar-refractivity contribution in [2.45, 2.75) is 31.9 Å². The molecule has 0 saturated carbocycles. The van der Waals surface area contributed by atoms with Crippen LogP contribution in [0.25, 0.3) is 0 Å². The van der Waals surface area contributed by atoms with E-state index < -0.39 is 28.8 Å². The Kier molecular flexibility index (Phi) is 4.56. The molecule has 0 unspecified atom stereocenters. The zero-order valence-electron chi connectivity index (χ0n) is 15.2. The van der Waals surface area contributed by atoms with Crippen molar-refractivity contribution in [1.29, 1.82) is 0 Å². The number of nitro groups is 1. The van der Waals surface area contributed by atoms with Crippen LogP contribution < -0.4 is 9.96 Å². The Morgan fingerprint density at radius 1 is 1.04 bits per heavy atom. The van der Waals surface area contributed by atoms with E-state index in [0.29, 0.717) is 6.42 Å². The Morgan fingerprint density at radius 2 is 1.71 bits per heavy atom. The van der Waals surface area contributed by atoms with Crippen molar-refractivity contribution in [2.75, 3.05) is 9.96 Å². The molecule has 2 aliphatic rings. The first-order valence-electron chi connectivity index (χ1n) is 9.17. The second kappa shape index (κ2) is 7.05. The Bertz CT molecular complexity index is 932. The zero-order chi connectivity index (χ0) is 19.8. The summed E-state index contributed by atoms with van der Waals surface area (Å²) in [4.78, 5) is 43.8. The Labute approximate surface area is 161 Å². The van der Waals surface area contributed by atoms with E-state index in [2.05, 4.69) is 0 Å². The van der Waals surface area contributed by atoms with Crippen LogP contribution in [0, 0.1) is 16.0 Å². The van der Waals surface area contributed by atoms with Gasteiger partial charge in [0.25, 0.3) is 11.6 Å². The number of anilines is 2. The van der Waals surface area contributed by atoms with Crippen LogP contribution in [0.3, 0.4) is 0 Å². The SMILES string of the molecule is CCC[C@@H]1[C@@H]2C(=O)N(c3ccccc3[N+](=O)[O-])C(=O)[C@H]2ON1c1ccccc1. The smallest absolute Gasteiger partial charge is 0.273 e. The highest BCUT2D eigenvalue weighted by molar-refractivity contribution is 6.24. The number of fused-ring (bicyclic) bond motifs is 1. The molecular weight excluding hydrogens is 362 g/mol. The summed E-state index contributed by atoms with van der Waals surface area (Å²) >= 11 is 0. The molecule has 0 spiro atoms. The van der Waals surface area contributed by atoms with Crippen molar-refractivity contribution in [3.05, 3.63) is 64.7 Å². The van der Waals surface area contributed by atoms with E-state index in [-0.39, 0.29) is 17.4 Å². The van der Waals surface area contributed by atoms with Gasteiger partial charge in [-0.15, -0.1) is 0 Å². The maximum atomic E-state index is 13.2. The summed E-state index contributed by atoms with van der Waals surface area (Å²) in [6.07, 6.45) is 0.469. The first-order valence-corrected chi connectivity index (χ1v) is 9.17. The van der Waals surface area contributed by atoms with E-state index in [0.717, 1.165) is 17.0 Å². The van der Waals surface area contributed by atoms with Crippen LogP contribution in [0.1, 0.15) is 19.8 Å². The number of nitrogens with zero attached hydrogens (tertiary/aromatic N) is 3. The number of nitro benzene ring substituents is 1. The molecule has 144 valence electrons. The van der Waals surface area contributed by atoms with E-state index in [9.17, 15) is 19.7 Å². The molecule has 0 aliphatic carbocycles. The van der Waals surface area contributed by atoms with Crippen molar-refractivity contribution in [3.63, 3.8) is 0 Å². The molecule has 2 aromatic carbocycles. The van der Waals surface area contributed by atoms with Crippen molar-refractivity contribution in [3.8, 4) is 0 Å². The summed E-state index contributed by atoms with van der Waals surface area (Å²) < 4.78 is 0. The number of amides is 2. The lowest BCUT2D eigenvalue weighted by Gasteiger charge is -2.28. The van der Waals surface area contributed by atoms with Crippen molar-refractivity contribution >= 4 is 28.9 Å². The van der Waals surface area contributed by atoms with E-state index >= 15 is 0 Å². The lowest BCUT2D eigenvalue weighted by atomic mass is 9.93. The minimum Gasteiger partial charge on any atom is -0.273 e. The largest absolute Gasteiger partial charge is 0.293 e. The fraction of sp³-hybridized carbons (Fsp3) is 0.300. The van der Waals surface area contributed by atoms with Gasteiger partial charge >= 0.3 is 0 Å². The summed E-state index contributed by atoms with van der Waals surface area (Å²) in [5.41, 5.74) is 0.478. The second-order valence-corrected chi connectivity index (χ2v) is 6.83. The molecule has 8 heteroatoms. The van der Waals surface area contributed by atoms with E-state index in [1.54, 1.807) is 11.1 Å². The average Bonchev–Trinajstić information content (AvgIpc) is 3.19. The van der Waals surface area contributed by atoms with Gasteiger partial charge in [-0.1, -0.05) is 43.7 Å². The number of carbonyl (C=O) groups is 2. The summed E-state index contributed by atoms with van der Waals surface area (Å²) in [5.74, 6) is -1.72. The van der Waals surface area contributed by atoms with Crippen LogP contribution in [0.4, 0.5) is 17.1 Å². The van der Waals surface area contributed by atoms with Crippen LogP contribution in [0.5, 0.6) is 0 Å². The minimum atomic E-state index is -0.982. The molecule has 8 nitrogen and oxygen atoms in total. The number of para-hydroxylation sites is 3. The van der Waals surface area contributed by atoms with Crippen molar-refractivity contribution in [2.24, 2.45) is 5.92 Å². The Balaban J connectivity index is 1.72. The Hall–Kier alpha value is -3.26. The molecule has 0 radical (unpaired) electrons. The summed E-state index contributed by atoms with van der Waals surface area (Å²) in [6, 6.07) is 14.8. The molecule has 2 saturated heterocycles. The molecule has 2 heterocycles. The fourth-order valence-corrected chi connectivity index (χ4v) is 3.96. The average molecular weight is 381 g/mol. The van der Waals surface area contributed by atoms with Gasteiger partial charge < -0.3 is 0 Å². The molecule has 2 aliphatic heterocycles. The van der Waals surface area contributed by atoms with Crippen LogP contribution in [0.15, 0.2) is 54.6 Å². The molecule has 28 heavy (non-hydrogen) atoms. The van der Waals surface area contributed by atoms with Gasteiger partial charge in [0, 0.05) is 6.07 Å². The predicted octanol–water partition coefficient (Wildman–Crippen LogP) is 3.07. The van der Waals surface area contributed by atoms with E-state index in [4.69, 9.17) is 4.84 Å². The minimum absolute atomic E-state index is 0.0120. The summed E-state index contributed by atoms with van der Waals surface area (Å²) in [7, 11) is 0. The number of rotatable bonds is 5. The van der Waals surface area contributed by atoms with Crippen molar-refractivity contribution in [1.82, 2.24) is 0 Å². The first-order chi connectivity index (χ1) is 13.5. The third-order valence-electron chi connectivity index (χ3n) is 5.15. The molecular formula is C20H19N3O5. The van der Waals surface area contributed by atoms with Gasteiger partial charge in [-0.05, 0) is 24.6 Å². The fourth-order valence-electron chi connectivity index (χ4n) is 3.96. The third kappa shape index (κ3) is 2.73. The molecule has 2 amide bonds. The van der Waals surface area contributed by atoms with Gasteiger partial charge in [0.05, 0.1) is 22.6 Å². The zero-order valence-corrected chi connectivity index (χ0v) is 15.2. The quantitative estimate of drug-likeness (QED) is 0.449. The van der Waals surface area contributed by atoms with Crippen molar-refractivity contribution < 1.29 is 19.3 Å². The molecule has 4 rings (SSSR count). The van der Waals surface area contributed by atoms with Gasteiger partial charge in [0.15, 0.2) is 6.10 Å². The molecule has 2 aromatic rings. The lowest BCUT2D eigenvalue weighted by molar-refractivity contribution is -0.384. The molecule has 0 bridgehead atoms.